The molecule has 1 amide bonds. The van der Waals surface area contributed by atoms with Crippen LogP contribution in [0.3, 0.4) is 0 Å². The zero-order valence-electron chi connectivity index (χ0n) is 13.9. The minimum absolute atomic E-state index is 0.118. The lowest BCUT2D eigenvalue weighted by Gasteiger charge is -2.30. The van der Waals surface area contributed by atoms with Gasteiger partial charge in [0.25, 0.3) is 5.91 Å². The van der Waals surface area contributed by atoms with Crippen molar-refractivity contribution < 1.29 is 14.6 Å². The molecule has 0 aliphatic carbocycles. The number of ether oxygens (including phenoxy) is 1. The predicted octanol–water partition coefficient (Wildman–Crippen LogP) is 0.546. The van der Waals surface area contributed by atoms with Crippen molar-refractivity contribution in [3.8, 4) is 0 Å². The zero-order chi connectivity index (χ0) is 16.7. The lowest BCUT2D eigenvalue weighted by atomic mass is 9.79. The fourth-order valence-corrected chi connectivity index (χ4v) is 2.99. The van der Waals surface area contributed by atoms with Crippen LogP contribution in [0.25, 0.3) is 0 Å². The molecule has 3 rings (SSSR count). The van der Waals surface area contributed by atoms with Gasteiger partial charge in [-0.1, -0.05) is 13.8 Å². The van der Waals surface area contributed by atoms with E-state index in [9.17, 15) is 9.90 Å². The molecule has 0 saturated carbocycles. The quantitative estimate of drug-likeness (QED) is 0.857. The van der Waals surface area contributed by atoms with Gasteiger partial charge < -0.3 is 19.6 Å². The Morgan fingerprint density at radius 2 is 1.91 bits per heavy atom. The molecule has 7 heteroatoms. The molecule has 0 unspecified atom stereocenters. The zero-order valence-corrected chi connectivity index (χ0v) is 13.9. The second kappa shape index (κ2) is 5.72. The van der Waals surface area contributed by atoms with E-state index in [-0.39, 0.29) is 11.3 Å². The molecule has 1 N–H and O–H groups in total. The summed E-state index contributed by atoms with van der Waals surface area (Å²) in [5, 5.41) is 10.6. The van der Waals surface area contributed by atoms with Crippen LogP contribution in [0.1, 0.15) is 31.3 Å². The summed E-state index contributed by atoms with van der Waals surface area (Å²) < 4.78 is 5.27. The number of hydrogen-bond acceptors (Lipinski definition) is 6. The van der Waals surface area contributed by atoms with Gasteiger partial charge in [-0.2, -0.15) is 0 Å². The van der Waals surface area contributed by atoms with Gasteiger partial charge in [-0.3, -0.25) is 9.78 Å². The number of aliphatic hydroxyl groups is 1. The van der Waals surface area contributed by atoms with E-state index in [0.29, 0.717) is 50.9 Å². The highest BCUT2D eigenvalue weighted by atomic mass is 16.5. The van der Waals surface area contributed by atoms with Gasteiger partial charge in [0.15, 0.2) is 0 Å². The summed E-state index contributed by atoms with van der Waals surface area (Å²) in [6.07, 6.45) is 3.15. The number of morpholine rings is 1. The average molecular weight is 320 g/mol. The topological polar surface area (TPSA) is 78.8 Å². The van der Waals surface area contributed by atoms with Gasteiger partial charge in [0.1, 0.15) is 11.5 Å². The smallest absolute Gasteiger partial charge is 0.274 e. The molecule has 23 heavy (non-hydrogen) atoms. The van der Waals surface area contributed by atoms with E-state index in [0.717, 1.165) is 0 Å². The van der Waals surface area contributed by atoms with Crippen LogP contribution in [0, 0.1) is 5.41 Å². The molecular formula is C16H24N4O3. The number of carbonyl (C=O) groups is 1. The number of rotatable bonds is 2. The number of β-amino-alcohol motifs (C(OH)–C–C–N with tert-alkyl or cyclic N) is 1. The van der Waals surface area contributed by atoms with Crippen molar-refractivity contribution in [1.29, 1.82) is 0 Å². The molecule has 2 fully saturated rings. The lowest BCUT2D eigenvalue weighted by Crippen LogP contribution is -2.41. The summed E-state index contributed by atoms with van der Waals surface area (Å²) in [7, 11) is 0. The minimum atomic E-state index is -0.807. The average Bonchev–Trinajstić information content (AvgIpc) is 2.76. The molecule has 2 aliphatic heterocycles. The number of amides is 1. The predicted molar refractivity (Wildman–Crippen MR) is 85.4 cm³/mol. The maximum atomic E-state index is 12.5. The van der Waals surface area contributed by atoms with Crippen molar-refractivity contribution >= 4 is 11.7 Å². The first-order chi connectivity index (χ1) is 10.8. The fourth-order valence-electron chi connectivity index (χ4n) is 2.99. The Kier molecular flexibility index (Phi) is 4.01. The summed E-state index contributed by atoms with van der Waals surface area (Å²) in [5.41, 5.74) is -0.716. The number of nitrogens with zero attached hydrogens (tertiary/aromatic N) is 4. The highest BCUT2D eigenvalue weighted by Crippen LogP contribution is 2.39. The van der Waals surface area contributed by atoms with Crippen LogP contribution in [0.4, 0.5) is 5.82 Å². The molecule has 0 bridgehead atoms. The Bertz CT molecular complexity index is 581. The Morgan fingerprint density at radius 1 is 1.22 bits per heavy atom. The van der Waals surface area contributed by atoms with Gasteiger partial charge >= 0.3 is 0 Å². The SMILES string of the molecule is CC1(C)CN(c2cncc(C(=O)N3CCOCC3)n2)C[C@@]1(C)O. The maximum absolute atomic E-state index is 12.5. The van der Waals surface area contributed by atoms with Crippen molar-refractivity contribution in [2.45, 2.75) is 26.4 Å². The standard InChI is InChI=1S/C16H24N4O3/c1-15(2)10-20(11-16(15,3)22)13-9-17-8-12(18-13)14(21)19-4-6-23-7-5-19/h8-9,22H,4-7,10-11H2,1-3H3/t16-/m1/s1. The molecule has 0 spiro atoms. The third-order valence-electron chi connectivity index (χ3n) is 5.01. The van der Waals surface area contributed by atoms with Crippen LogP contribution in [-0.4, -0.2) is 70.9 Å². The van der Waals surface area contributed by atoms with Gasteiger partial charge in [-0.05, 0) is 6.92 Å². The van der Waals surface area contributed by atoms with Gasteiger partial charge in [0.2, 0.25) is 0 Å². The minimum Gasteiger partial charge on any atom is -0.388 e. The normalized spacial score (nSPS) is 27.3. The molecule has 0 radical (unpaired) electrons. The summed E-state index contributed by atoms with van der Waals surface area (Å²) >= 11 is 0. The van der Waals surface area contributed by atoms with Crippen LogP contribution >= 0.6 is 0 Å². The first-order valence-corrected chi connectivity index (χ1v) is 7.97. The van der Waals surface area contributed by atoms with E-state index in [1.165, 1.54) is 6.20 Å². The van der Waals surface area contributed by atoms with Crippen LogP contribution in [0.15, 0.2) is 12.4 Å². The van der Waals surface area contributed by atoms with Crippen molar-refractivity contribution in [2.75, 3.05) is 44.3 Å². The van der Waals surface area contributed by atoms with Gasteiger partial charge in [-0.15, -0.1) is 0 Å². The second-order valence-corrected chi connectivity index (χ2v) is 7.18. The first-order valence-electron chi connectivity index (χ1n) is 7.97. The summed E-state index contributed by atoms with van der Waals surface area (Å²) in [6.45, 7) is 9.32. The van der Waals surface area contributed by atoms with Crippen LogP contribution in [-0.2, 0) is 4.74 Å². The Hall–Kier alpha value is -1.73. The summed E-state index contributed by atoms with van der Waals surface area (Å²) in [5.74, 6) is 0.517. The van der Waals surface area contributed by atoms with E-state index < -0.39 is 5.60 Å². The molecule has 2 aliphatic rings. The number of aromatic nitrogens is 2. The maximum Gasteiger partial charge on any atom is 0.274 e. The Labute approximate surface area is 136 Å². The lowest BCUT2D eigenvalue weighted by molar-refractivity contribution is -0.00891. The van der Waals surface area contributed by atoms with E-state index in [4.69, 9.17) is 4.74 Å². The molecule has 7 nitrogen and oxygen atoms in total. The van der Waals surface area contributed by atoms with Crippen molar-refractivity contribution in [3.63, 3.8) is 0 Å². The molecule has 0 aromatic carbocycles. The molecule has 126 valence electrons. The number of carbonyl (C=O) groups excluding carboxylic acids is 1. The first kappa shape index (κ1) is 16.1. The van der Waals surface area contributed by atoms with Crippen LogP contribution in [0.5, 0.6) is 0 Å². The Balaban J connectivity index is 1.79. The van der Waals surface area contributed by atoms with E-state index in [1.807, 2.05) is 25.7 Å². The van der Waals surface area contributed by atoms with Crippen molar-refractivity contribution in [1.82, 2.24) is 14.9 Å². The largest absolute Gasteiger partial charge is 0.388 e. The monoisotopic (exact) mass is 320 g/mol. The molecule has 3 heterocycles. The number of anilines is 1. The van der Waals surface area contributed by atoms with E-state index in [1.54, 1.807) is 11.1 Å². The van der Waals surface area contributed by atoms with Crippen LogP contribution < -0.4 is 4.90 Å². The van der Waals surface area contributed by atoms with E-state index in [2.05, 4.69) is 9.97 Å². The fraction of sp³-hybridized carbons (Fsp3) is 0.688. The molecule has 1 atom stereocenters. The second-order valence-electron chi connectivity index (χ2n) is 7.18. The summed E-state index contributed by atoms with van der Waals surface area (Å²) in [4.78, 5) is 24.9. The third-order valence-corrected chi connectivity index (χ3v) is 5.01. The highest BCUT2D eigenvalue weighted by molar-refractivity contribution is 5.92. The molecule has 1 aromatic rings. The highest BCUT2D eigenvalue weighted by Gasteiger charge is 2.48. The van der Waals surface area contributed by atoms with Gasteiger partial charge in [0, 0.05) is 31.6 Å². The van der Waals surface area contributed by atoms with Crippen molar-refractivity contribution in [2.24, 2.45) is 5.41 Å². The van der Waals surface area contributed by atoms with Gasteiger partial charge in [0.05, 0.1) is 31.2 Å². The van der Waals surface area contributed by atoms with E-state index >= 15 is 0 Å². The van der Waals surface area contributed by atoms with Crippen LogP contribution in [0.2, 0.25) is 0 Å². The number of hydrogen-bond donors (Lipinski definition) is 1. The van der Waals surface area contributed by atoms with Crippen molar-refractivity contribution in [3.05, 3.63) is 18.1 Å². The molecule has 2 saturated heterocycles. The molecule has 1 aromatic heterocycles. The Morgan fingerprint density at radius 3 is 2.52 bits per heavy atom. The third kappa shape index (κ3) is 3.03. The van der Waals surface area contributed by atoms with Gasteiger partial charge in [-0.25, -0.2) is 4.98 Å². The summed E-state index contributed by atoms with van der Waals surface area (Å²) in [6, 6.07) is 0. The molecular weight excluding hydrogens is 296 g/mol.